The highest BCUT2D eigenvalue weighted by atomic mass is 35.5. The molecule has 0 bridgehead atoms. The maximum absolute atomic E-state index is 12.0. The molecule has 0 fully saturated rings. The van der Waals surface area contributed by atoms with Gasteiger partial charge in [-0.15, -0.1) is 11.6 Å². The number of benzene rings is 1. The van der Waals surface area contributed by atoms with E-state index in [4.69, 9.17) is 11.6 Å². The normalized spacial score (nSPS) is 14.6. The van der Waals surface area contributed by atoms with Crippen molar-refractivity contribution in [3.05, 3.63) is 35.9 Å². The van der Waals surface area contributed by atoms with Gasteiger partial charge in [0.2, 0.25) is 10.0 Å². The first-order valence-corrected chi connectivity index (χ1v) is 7.42. The van der Waals surface area contributed by atoms with Gasteiger partial charge in [0.1, 0.15) is 0 Å². The van der Waals surface area contributed by atoms with Gasteiger partial charge in [0.25, 0.3) is 0 Å². The van der Waals surface area contributed by atoms with Crippen molar-refractivity contribution in [3.63, 3.8) is 0 Å². The third kappa shape index (κ3) is 3.69. The van der Waals surface area contributed by atoms with Gasteiger partial charge in [-0.05, 0) is 26.3 Å². The molecular formula is C12H18ClNO2S. The second-order valence-corrected chi connectivity index (χ2v) is 7.63. The number of rotatable bonds is 4. The highest BCUT2D eigenvalue weighted by molar-refractivity contribution is 7.90. The van der Waals surface area contributed by atoms with Gasteiger partial charge in [-0.1, -0.05) is 30.3 Å². The maximum Gasteiger partial charge on any atom is 0.217 e. The first kappa shape index (κ1) is 14.5. The van der Waals surface area contributed by atoms with Gasteiger partial charge in [-0.2, -0.15) is 0 Å². The Morgan fingerprint density at radius 1 is 1.24 bits per heavy atom. The van der Waals surface area contributed by atoms with Crippen LogP contribution in [0.15, 0.2) is 30.3 Å². The molecule has 17 heavy (non-hydrogen) atoms. The molecule has 0 spiro atoms. The lowest BCUT2D eigenvalue weighted by molar-refractivity contribution is 0.532. The Bertz CT molecular complexity index is 451. The van der Waals surface area contributed by atoms with Gasteiger partial charge in [-0.25, -0.2) is 13.1 Å². The summed E-state index contributed by atoms with van der Waals surface area (Å²) in [5.41, 5.74) is 0.871. The first-order valence-electron chi connectivity index (χ1n) is 5.41. The Kier molecular flexibility index (Phi) is 4.58. The minimum atomic E-state index is -3.39. The largest absolute Gasteiger partial charge is 0.217 e. The number of hydrogen-bond acceptors (Lipinski definition) is 2. The zero-order valence-corrected chi connectivity index (χ0v) is 11.8. The molecule has 1 rings (SSSR count). The summed E-state index contributed by atoms with van der Waals surface area (Å²) in [6.07, 6.45) is 0. The van der Waals surface area contributed by atoms with E-state index in [0.29, 0.717) is 0 Å². The van der Waals surface area contributed by atoms with E-state index in [1.165, 1.54) is 0 Å². The average molecular weight is 276 g/mol. The van der Waals surface area contributed by atoms with Crippen molar-refractivity contribution in [3.8, 4) is 0 Å². The van der Waals surface area contributed by atoms with Crippen LogP contribution in [-0.2, 0) is 10.0 Å². The topological polar surface area (TPSA) is 46.2 Å². The average Bonchev–Trinajstić information content (AvgIpc) is 2.25. The molecule has 0 aliphatic heterocycles. The summed E-state index contributed by atoms with van der Waals surface area (Å²) in [6, 6.07) is 8.94. The Hall–Kier alpha value is -0.580. The van der Waals surface area contributed by atoms with E-state index in [0.717, 1.165) is 5.56 Å². The lowest BCUT2D eigenvalue weighted by Crippen LogP contribution is -2.41. The van der Waals surface area contributed by atoms with E-state index < -0.39 is 14.8 Å². The fourth-order valence-electron chi connectivity index (χ4n) is 1.24. The number of halogens is 1. The monoisotopic (exact) mass is 275 g/mol. The quantitative estimate of drug-likeness (QED) is 0.859. The predicted octanol–water partition coefficient (Wildman–Crippen LogP) is 2.68. The van der Waals surface area contributed by atoms with Crippen molar-refractivity contribution in [1.29, 1.82) is 0 Å². The fraction of sp³-hybridized carbons (Fsp3) is 0.500. The number of nitrogens with one attached hydrogen (secondary N) is 1. The van der Waals surface area contributed by atoms with Crippen LogP contribution in [0.2, 0.25) is 0 Å². The summed E-state index contributed by atoms with van der Waals surface area (Å²) in [6.45, 7) is 4.98. The summed E-state index contributed by atoms with van der Waals surface area (Å²) < 4.78 is 25.8. The summed E-state index contributed by atoms with van der Waals surface area (Å²) >= 11 is 5.83. The van der Waals surface area contributed by atoms with E-state index in [1.54, 1.807) is 20.8 Å². The molecule has 1 aromatic carbocycles. The summed E-state index contributed by atoms with van der Waals surface area (Å²) in [5.74, 6) is 0.208. The van der Waals surface area contributed by atoms with E-state index in [1.807, 2.05) is 30.3 Å². The molecule has 0 aliphatic carbocycles. The van der Waals surface area contributed by atoms with Crippen LogP contribution in [-0.4, -0.2) is 19.0 Å². The Balaban J connectivity index is 2.94. The van der Waals surface area contributed by atoms with Gasteiger partial charge >= 0.3 is 0 Å². The van der Waals surface area contributed by atoms with Crippen molar-refractivity contribution in [2.45, 2.75) is 31.6 Å². The highest BCUT2D eigenvalue weighted by Gasteiger charge is 2.31. The number of hydrogen-bond donors (Lipinski definition) is 1. The lowest BCUT2D eigenvalue weighted by Gasteiger charge is -2.24. The van der Waals surface area contributed by atoms with Crippen LogP contribution in [0, 0.1) is 0 Å². The molecule has 0 radical (unpaired) electrons. The smallest absolute Gasteiger partial charge is 0.212 e. The van der Waals surface area contributed by atoms with Crippen molar-refractivity contribution >= 4 is 21.6 Å². The van der Waals surface area contributed by atoms with Crippen molar-refractivity contribution in [2.24, 2.45) is 0 Å². The molecule has 0 heterocycles. The fourth-order valence-corrected chi connectivity index (χ4v) is 2.53. The van der Waals surface area contributed by atoms with Gasteiger partial charge in [0.15, 0.2) is 0 Å². The van der Waals surface area contributed by atoms with Gasteiger partial charge < -0.3 is 0 Å². The molecule has 0 aromatic heterocycles. The minimum Gasteiger partial charge on any atom is -0.212 e. The lowest BCUT2D eigenvalue weighted by atomic mass is 10.1. The van der Waals surface area contributed by atoms with Crippen LogP contribution in [0.25, 0.3) is 0 Å². The summed E-state index contributed by atoms with van der Waals surface area (Å²) in [4.78, 5) is 0. The molecular weight excluding hydrogens is 258 g/mol. The molecule has 5 heteroatoms. The third-order valence-electron chi connectivity index (χ3n) is 2.46. The van der Waals surface area contributed by atoms with Crippen LogP contribution >= 0.6 is 11.6 Å². The molecule has 0 aliphatic rings. The Labute approximate surface area is 108 Å². The molecule has 0 saturated carbocycles. The van der Waals surface area contributed by atoms with Crippen molar-refractivity contribution < 1.29 is 8.42 Å². The second-order valence-electron chi connectivity index (χ2n) is 4.85. The molecule has 0 amide bonds. The predicted molar refractivity (Wildman–Crippen MR) is 71.7 cm³/mol. The first-order chi connectivity index (χ1) is 7.78. The molecule has 0 saturated heterocycles. The molecule has 1 unspecified atom stereocenters. The maximum atomic E-state index is 12.0. The van der Waals surface area contributed by atoms with E-state index >= 15 is 0 Å². The van der Waals surface area contributed by atoms with Crippen molar-refractivity contribution in [1.82, 2.24) is 4.72 Å². The molecule has 1 aromatic rings. The molecule has 96 valence electrons. The minimum absolute atomic E-state index is 0.208. The highest BCUT2D eigenvalue weighted by Crippen LogP contribution is 2.20. The molecule has 1 N–H and O–H groups in total. The van der Waals surface area contributed by atoms with Crippen molar-refractivity contribution in [2.75, 3.05) is 5.88 Å². The second kappa shape index (κ2) is 5.38. The van der Waals surface area contributed by atoms with E-state index in [9.17, 15) is 8.42 Å². The Morgan fingerprint density at radius 2 is 1.76 bits per heavy atom. The van der Waals surface area contributed by atoms with E-state index in [-0.39, 0.29) is 11.9 Å². The van der Waals surface area contributed by atoms with E-state index in [2.05, 4.69) is 4.72 Å². The Morgan fingerprint density at radius 3 is 2.18 bits per heavy atom. The van der Waals surface area contributed by atoms with Gasteiger partial charge in [-0.3, -0.25) is 0 Å². The van der Waals surface area contributed by atoms with Crippen LogP contribution in [0.1, 0.15) is 32.4 Å². The number of sulfonamides is 1. The SMILES string of the molecule is CC(C)(C)S(=O)(=O)NC(CCl)c1ccccc1. The standard InChI is InChI=1S/C12H18ClNO2S/c1-12(2,3)17(15,16)14-11(9-13)10-7-5-4-6-8-10/h4-8,11,14H,9H2,1-3H3. The zero-order valence-electron chi connectivity index (χ0n) is 10.3. The van der Waals surface area contributed by atoms with Gasteiger partial charge in [0.05, 0.1) is 10.8 Å². The molecule has 3 nitrogen and oxygen atoms in total. The van der Waals surface area contributed by atoms with Gasteiger partial charge in [0, 0.05) is 5.88 Å². The summed E-state index contributed by atoms with van der Waals surface area (Å²) in [5, 5.41) is 0. The van der Waals surface area contributed by atoms with Crippen LogP contribution in [0.5, 0.6) is 0 Å². The van der Waals surface area contributed by atoms with Crippen LogP contribution in [0.3, 0.4) is 0 Å². The third-order valence-corrected chi connectivity index (χ3v) is 4.98. The number of alkyl halides is 1. The van der Waals surface area contributed by atoms with Crippen LogP contribution in [0.4, 0.5) is 0 Å². The zero-order chi connectivity index (χ0) is 13.1. The van der Waals surface area contributed by atoms with Crippen LogP contribution < -0.4 is 4.72 Å². The summed E-state index contributed by atoms with van der Waals surface area (Å²) in [7, 11) is -3.39. The molecule has 1 atom stereocenters.